The van der Waals surface area contributed by atoms with Crippen molar-refractivity contribution < 1.29 is 4.79 Å². The third kappa shape index (κ3) is 12.9. The van der Waals surface area contributed by atoms with E-state index in [1.807, 2.05) is 0 Å². The van der Waals surface area contributed by atoms with Crippen LogP contribution in [0.15, 0.2) is 0 Å². The fourth-order valence-corrected chi connectivity index (χ4v) is 1.90. The molecule has 1 N–H and O–H groups in total. The second-order valence-corrected chi connectivity index (χ2v) is 4.59. The van der Waals surface area contributed by atoms with Crippen molar-refractivity contribution in [1.29, 1.82) is 5.26 Å². The maximum Gasteiger partial charge on any atom is 0.232 e. The van der Waals surface area contributed by atoms with Gasteiger partial charge in [0.05, 0.1) is 0 Å². The fraction of sp³-hybridized carbons (Fsp3) is 0.857. The summed E-state index contributed by atoms with van der Waals surface area (Å²) in [5.41, 5.74) is 0. The molecule has 0 atom stereocenters. The van der Waals surface area contributed by atoms with Gasteiger partial charge in [-0.1, -0.05) is 64.7 Å². The van der Waals surface area contributed by atoms with Crippen LogP contribution in [0, 0.1) is 11.5 Å². The lowest BCUT2D eigenvalue weighted by Crippen LogP contribution is -2.16. The highest BCUT2D eigenvalue weighted by molar-refractivity contribution is 5.77. The van der Waals surface area contributed by atoms with Gasteiger partial charge in [-0.15, -0.1) is 0 Å². The second-order valence-electron chi connectivity index (χ2n) is 4.59. The molecule has 98 valence electrons. The third-order valence-corrected chi connectivity index (χ3v) is 2.95. The van der Waals surface area contributed by atoms with E-state index in [0.29, 0.717) is 6.42 Å². The van der Waals surface area contributed by atoms with Crippen LogP contribution in [0.25, 0.3) is 0 Å². The Balaban J connectivity index is 3.04. The van der Waals surface area contributed by atoms with E-state index < -0.39 is 0 Å². The molecule has 0 rings (SSSR count). The Kier molecular flexibility index (Phi) is 12.2. The number of nitrogens with one attached hydrogen (secondary N) is 1. The van der Waals surface area contributed by atoms with E-state index in [1.54, 1.807) is 6.19 Å². The predicted molar refractivity (Wildman–Crippen MR) is 70.2 cm³/mol. The number of hydrogen-bond acceptors (Lipinski definition) is 2. The van der Waals surface area contributed by atoms with Crippen molar-refractivity contribution in [3.63, 3.8) is 0 Å². The van der Waals surface area contributed by atoms with Crippen molar-refractivity contribution in [3.05, 3.63) is 0 Å². The predicted octanol–water partition coefficient (Wildman–Crippen LogP) is 3.89. The molecular weight excluding hydrogens is 212 g/mol. The zero-order chi connectivity index (χ0) is 12.8. The summed E-state index contributed by atoms with van der Waals surface area (Å²) in [5.74, 6) is -0.146. The molecule has 17 heavy (non-hydrogen) atoms. The van der Waals surface area contributed by atoms with Gasteiger partial charge in [0.25, 0.3) is 0 Å². The highest BCUT2D eigenvalue weighted by Crippen LogP contribution is 2.11. The molecule has 0 heterocycles. The third-order valence-electron chi connectivity index (χ3n) is 2.95. The molecule has 3 nitrogen and oxygen atoms in total. The van der Waals surface area contributed by atoms with Crippen LogP contribution in [0.4, 0.5) is 0 Å². The zero-order valence-corrected chi connectivity index (χ0v) is 11.1. The molecule has 0 aromatic carbocycles. The number of rotatable bonds is 11. The molecule has 0 fully saturated rings. The van der Waals surface area contributed by atoms with Gasteiger partial charge in [-0.05, 0) is 6.42 Å². The summed E-state index contributed by atoms with van der Waals surface area (Å²) in [4.78, 5) is 10.9. The van der Waals surface area contributed by atoms with Gasteiger partial charge < -0.3 is 0 Å². The minimum atomic E-state index is -0.146. The summed E-state index contributed by atoms with van der Waals surface area (Å²) >= 11 is 0. The quantitative estimate of drug-likeness (QED) is 0.337. The largest absolute Gasteiger partial charge is 0.274 e. The number of amides is 1. The first-order chi connectivity index (χ1) is 8.31. The summed E-state index contributed by atoms with van der Waals surface area (Å²) < 4.78 is 0. The van der Waals surface area contributed by atoms with E-state index in [2.05, 4.69) is 12.2 Å². The van der Waals surface area contributed by atoms with Crippen LogP contribution in [0.3, 0.4) is 0 Å². The molecule has 0 aliphatic rings. The van der Waals surface area contributed by atoms with Crippen LogP contribution in [0.1, 0.15) is 77.6 Å². The highest BCUT2D eigenvalue weighted by atomic mass is 16.1. The Labute approximate surface area is 106 Å². The van der Waals surface area contributed by atoms with Crippen molar-refractivity contribution in [2.24, 2.45) is 0 Å². The van der Waals surface area contributed by atoms with Crippen LogP contribution < -0.4 is 5.32 Å². The molecule has 0 aliphatic carbocycles. The molecule has 0 unspecified atom stereocenters. The Morgan fingerprint density at radius 2 is 1.41 bits per heavy atom. The molecule has 0 bridgehead atoms. The Bertz CT molecular complexity index is 221. The fourth-order valence-electron chi connectivity index (χ4n) is 1.90. The van der Waals surface area contributed by atoms with Crippen LogP contribution in [0.5, 0.6) is 0 Å². The topological polar surface area (TPSA) is 52.9 Å². The lowest BCUT2D eigenvalue weighted by atomic mass is 10.1. The van der Waals surface area contributed by atoms with Crippen LogP contribution in [-0.2, 0) is 4.79 Å². The van der Waals surface area contributed by atoms with Gasteiger partial charge in [0.15, 0.2) is 6.19 Å². The van der Waals surface area contributed by atoms with Crippen LogP contribution in [0.2, 0.25) is 0 Å². The zero-order valence-electron chi connectivity index (χ0n) is 11.1. The van der Waals surface area contributed by atoms with E-state index in [4.69, 9.17) is 5.26 Å². The summed E-state index contributed by atoms with van der Waals surface area (Å²) in [6.45, 7) is 2.24. The molecule has 1 amide bonds. The maximum atomic E-state index is 10.9. The van der Waals surface area contributed by atoms with Crippen molar-refractivity contribution in [2.75, 3.05) is 0 Å². The Hall–Kier alpha value is -1.04. The van der Waals surface area contributed by atoms with Crippen molar-refractivity contribution in [1.82, 2.24) is 5.32 Å². The molecule has 0 saturated carbocycles. The first kappa shape index (κ1) is 16.0. The molecule has 0 aliphatic heterocycles. The van der Waals surface area contributed by atoms with Gasteiger partial charge in [0.1, 0.15) is 0 Å². The molecule has 0 spiro atoms. The smallest absolute Gasteiger partial charge is 0.232 e. The van der Waals surface area contributed by atoms with Crippen molar-refractivity contribution in [2.45, 2.75) is 77.6 Å². The normalized spacial score (nSPS) is 9.88. The Morgan fingerprint density at radius 1 is 0.941 bits per heavy atom. The lowest BCUT2D eigenvalue weighted by molar-refractivity contribution is -0.120. The average Bonchev–Trinajstić information content (AvgIpc) is 2.32. The van der Waals surface area contributed by atoms with Crippen molar-refractivity contribution >= 4 is 5.91 Å². The van der Waals surface area contributed by atoms with Gasteiger partial charge in [-0.25, -0.2) is 0 Å². The molecule has 0 radical (unpaired) electrons. The molecule has 0 saturated heterocycles. The van der Waals surface area contributed by atoms with E-state index in [0.717, 1.165) is 12.8 Å². The first-order valence-corrected chi connectivity index (χ1v) is 6.99. The minimum absolute atomic E-state index is 0.146. The number of hydrogen-bond donors (Lipinski definition) is 1. The summed E-state index contributed by atoms with van der Waals surface area (Å²) in [5, 5.41) is 10.4. The molecule has 0 aromatic heterocycles. The monoisotopic (exact) mass is 238 g/mol. The Morgan fingerprint density at radius 3 is 1.88 bits per heavy atom. The first-order valence-electron chi connectivity index (χ1n) is 6.99. The van der Waals surface area contributed by atoms with Gasteiger partial charge in [0.2, 0.25) is 5.91 Å². The van der Waals surface area contributed by atoms with Gasteiger partial charge in [-0.2, -0.15) is 5.26 Å². The van der Waals surface area contributed by atoms with Crippen molar-refractivity contribution in [3.8, 4) is 6.19 Å². The second kappa shape index (κ2) is 13.0. The number of carbonyl (C=O) groups is 1. The van der Waals surface area contributed by atoms with E-state index in [1.165, 1.54) is 51.4 Å². The maximum absolute atomic E-state index is 10.9. The number of nitriles is 1. The van der Waals surface area contributed by atoms with E-state index >= 15 is 0 Å². The van der Waals surface area contributed by atoms with Gasteiger partial charge in [0, 0.05) is 6.42 Å². The van der Waals surface area contributed by atoms with Crippen LogP contribution in [-0.4, -0.2) is 5.91 Å². The lowest BCUT2D eigenvalue weighted by Gasteiger charge is -2.01. The minimum Gasteiger partial charge on any atom is -0.274 e. The number of unbranched alkanes of at least 4 members (excludes halogenated alkanes) is 9. The van der Waals surface area contributed by atoms with Crippen LogP contribution >= 0.6 is 0 Å². The summed E-state index contributed by atoms with van der Waals surface area (Å²) in [7, 11) is 0. The van der Waals surface area contributed by atoms with Gasteiger partial charge >= 0.3 is 0 Å². The number of nitrogens with zero attached hydrogens (tertiary/aromatic N) is 1. The summed E-state index contributed by atoms with van der Waals surface area (Å²) in [6, 6.07) is 0. The average molecular weight is 238 g/mol. The van der Waals surface area contributed by atoms with Gasteiger partial charge in [-0.3, -0.25) is 10.1 Å². The highest BCUT2D eigenvalue weighted by Gasteiger charge is 1.98. The van der Waals surface area contributed by atoms with E-state index in [9.17, 15) is 4.79 Å². The standard InChI is InChI=1S/C14H26N2O/c1-2-3-4-5-6-7-8-9-10-11-12-14(17)16-13-15/h2-12H2,1H3,(H,16,17). The summed E-state index contributed by atoms with van der Waals surface area (Å²) in [6.07, 6.45) is 14.8. The SMILES string of the molecule is CCCCCCCCCCCCC(=O)NC#N. The molecule has 0 aromatic rings. The van der Waals surface area contributed by atoms with E-state index in [-0.39, 0.29) is 5.91 Å². The molecular formula is C14H26N2O. The number of carbonyl (C=O) groups excluding carboxylic acids is 1. The molecule has 3 heteroatoms.